The van der Waals surface area contributed by atoms with Crippen molar-refractivity contribution in [3.05, 3.63) is 53.3 Å². The first-order valence-corrected chi connectivity index (χ1v) is 7.45. The molecule has 1 N–H and O–H groups in total. The van der Waals surface area contributed by atoms with E-state index in [2.05, 4.69) is 15.6 Å². The van der Waals surface area contributed by atoms with Gasteiger partial charge in [-0.05, 0) is 39.0 Å². The number of hydrogen-bond acceptors (Lipinski definition) is 5. The second-order valence-electron chi connectivity index (χ2n) is 5.37. The van der Waals surface area contributed by atoms with E-state index < -0.39 is 0 Å². The van der Waals surface area contributed by atoms with E-state index in [9.17, 15) is 4.79 Å². The summed E-state index contributed by atoms with van der Waals surface area (Å²) in [4.78, 5) is 16.6. The third-order valence-electron chi connectivity index (χ3n) is 3.67. The number of hydrogen-bond donors (Lipinski definition) is 1. The van der Waals surface area contributed by atoms with E-state index in [0.717, 1.165) is 11.1 Å². The van der Waals surface area contributed by atoms with Crippen LogP contribution in [0.1, 0.15) is 28.5 Å². The summed E-state index contributed by atoms with van der Waals surface area (Å²) in [5.74, 6) is -0.220. The summed E-state index contributed by atoms with van der Waals surface area (Å²) in [5, 5.41) is 6.39. The Kier molecular flexibility index (Phi) is 3.97. The second kappa shape index (κ2) is 6.08. The van der Waals surface area contributed by atoms with Crippen molar-refractivity contribution in [1.82, 2.24) is 15.6 Å². The van der Waals surface area contributed by atoms with Gasteiger partial charge in [0, 0.05) is 12.7 Å². The van der Waals surface area contributed by atoms with Crippen molar-refractivity contribution in [3.8, 4) is 0 Å². The van der Waals surface area contributed by atoms with Crippen molar-refractivity contribution < 1.29 is 9.32 Å². The molecule has 0 unspecified atom stereocenters. The Morgan fingerprint density at radius 3 is 2.70 bits per heavy atom. The van der Waals surface area contributed by atoms with Crippen LogP contribution in [0.3, 0.4) is 0 Å². The molecule has 0 bridgehead atoms. The van der Waals surface area contributed by atoms with Gasteiger partial charge in [0.05, 0.1) is 22.3 Å². The number of hydrazine groups is 1. The standard InChI is InChI=1S/C17H18N4O2/c1-4-21(14-7-5-11(2)6-8-14)19-16(22)13-9-15-12(3)20-23-17(15)18-10-13/h5-10H,4H2,1-3H3,(H,19,22). The van der Waals surface area contributed by atoms with Crippen LogP contribution in [0.15, 0.2) is 41.1 Å². The lowest BCUT2D eigenvalue weighted by Gasteiger charge is -2.23. The van der Waals surface area contributed by atoms with Crippen molar-refractivity contribution >= 4 is 22.7 Å². The Bertz CT molecular complexity index is 839. The van der Waals surface area contributed by atoms with Crippen LogP contribution in [0.5, 0.6) is 0 Å². The maximum absolute atomic E-state index is 12.5. The molecule has 0 aliphatic rings. The summed E-state index contributed by atoms with van der Waals surface area (Å²) in [6, 6.07) is 9.72. The summed E-state index contributed by atoms with van der Waals surface area (Å²) in [5.41, 5.74) is 6.62. The number of nitrogens with zero attached hydrogens (tertiary/aromatic N) is 3. The minimum absolute atomic E-state index is 0.220. The molecule has 0 atom stereocenters. The number of fused-ring (bicyclic) bond motifs is 1. The third kappa shape index (κ3) is 3.01. The van der Waals surface area contributed by atoms with E-state index in [1.807, 2.05) is 45.0 Å². The molecule has 0 saturated carbocycles. The molecule has 23 heavy (non-hydrogen) atoms. The number of aromatic nitrogens is 2. The molecular formula is C17H18N4O2. The topological polar surface area (TPSA) is 71.3 Å². The van der Waals surface area contributed by atoms with E-state index in [0.29, 0.717) is 23.5 Å². The number of carbonyl (C=O) groups excluding carboxylic acids is 1. The van der Waals surface area contributed by atoms with E-state index in [1.54, 1.807) is 11.1 Å². The van der Waals surface area contributed by atoms with Crippen LogP contribution in [-0.4, -0.2) is 22.6 Å². The molecule has 0 radical (unpaired) electrons. The fourth-order valence-corrected chi connectivity index (χ4v) is 2.31. The second-order valence-corrected chi connectivity index (χ2v) is 5.37. The Morgan fingerprint density at radius 2 is 2.00 bits per heavy atom. The lowest BCUT2D eigenvalue weighted by molar-refractivity contribution is 0.0949. The van der Waals surface area contributed by atoms with Gasteiger partial charge in [0.1, 0.15) is 0 Å². The summed E-state index contributed by atoms with van der Waals surface area (Å²) >= 11 is 0. The lowest BCUT2D eigenvalue weighted by Crippen LogP contribution is -2.42. The number of rotatable bonds is 4. The Morgan fingerprint density at radius 1 is 1.26 bits per heavy atom. The first-order chi connectivity index (χ1) is 11.1. The molecular weight excluding hydrogens is 292 g/mol. The van der Waals surface area contributed by atoms with Gasteiger partial charge in [0.15, 0.2) is 0 Å². The van der Waals surface area contributed by atoms with Crippen LogP contribution in [0.4, 0.5) is 5.69 Å². The van der Waals surface area contributed by atoms with Gasteiger partial charge in [-0.25, -0.2) is 4.98 Å². The van der Waals surface area contributed by atoms with Crippen LogP contribution < -0.4 is 10.4 Å². The molecule has 6 heteroatoms. The number of amides is 1. The summed E-state index contributed by atoms with van der Waals surface area (Å²) in [6.45, 7) is 6.48. The quantitative estimate of drug-likeness (QED) is 0.750. The number of benzene rings is 1. The van der Waals surface area contributed by atoms with Crippen LogP contribution >= 0.6 is 0 Å². The van der Waals surface area contributed by atoms with Crippen LogP contribution in [0, 0.1) is 13.8 Å². The molecule has 2 heterocycles. The zero-order chi connectivity index (χ0) is 16.4. The van der Waals surface area contributed by atoms with Crippen molar-refractivity contribution in [2.45, 2.75) is 20.8 Å². The maximum atomic E-state index is 12.5. The fourth-order valence-electron chi connectivity index (χ4n) is 2.31. The Hall–Kier alpha value is -2.89. The van der Waals surface area contributed by atoms with E-state index in [-0.39, 0.29) is 5.91 Å². The minimum atomic E-state index is -0.220. The molecule has 1 amide bonds. The summed E-state index contributed by atoms with van der Waals surface area (Å²) < 4.78 is 5.06. The van der Waals surface area contributed by atoms with Crippen LogP contribution in [-0.2, 0) is 0 Å². The normalized spacial score (nSPS) is 10.7. The number of anilines is 1. The minimum Gasteiger partial charge on any atom is -0.336 e. The molecule has 2 aromatic heterocycles. The molecule has 6 nitrogen and oxygen atoms in total. The van der Waals surface area contributed by atoms with Crippen LogP contribution in [0.25, 0.3) is 11.1 Å². The van der Waals surface area contributed by atoms with E-state index in [1.165, 1.54) is 11.8 Å². The van der Waals surface area contributed by atoms with Gasteiger partial charge in [0.25, 0.3) is 11.6 Å². The molecule has 0 fully saturated rings. The average Bonchev–Trinajstić information content (AvgIpc) is 2.94. The van der Waals surface area contributed by atoms with E-state index >= 15 is 0 Å². The summed E-state index contributed by atoms with van der Waals surface area (Å²) in [6.07, 6.45) is 1.49. The van der Waals surface area contributed by atoms with Gasteiger partial charge in [0.2, 0.25) is 0 Å². The van der Waals surface area contributed by atoms with E-state index in [4.69, 9.17) is 4.52 Å². The molecule has 0 spiro atoms. The van der Waals surface area contributed by atoms with Crippen molar-refractivity contribution in [2.24, 2.45) is 0 Å². The highest BCUT2D eigenvalue weighted by Gasteiger charge is 2.14. The van der Waals surface area contributed by atoms with Gasteiger partial charge < -0.3 is 4.52 Å². The predicted molar refractivity (Wildman–Crippen MR) is 88.2 cm³/mol. The van der Waals surface area contributed by atoms with Crippen molar-refractivity contribution in [1.29, 1.82) is 0 Å². The SMILES string of the molecule is CCN(NC(=O)c1cnc2onc(C)c2c1)c1ccc(C)cc1. The number of aryl methyl sites for hydroxylation is 2. The molecule has 3 aromatic rings. The van der Waals surface area contributed by atoms with Gasteiger partial charge in [-0.1, -0.05) is 22.9 Å². The fraction of sp³-hybridized carbons (Fsp3) is 0.235. The van der Waals surface area contributed by atoms with Gasteiger partial charge in [-0.3, -0.25) is 15.2 Å². The first-order valence-electron chi connectivity index (χ1n) is 7.45. The zero-order valence-corrected chi connectivity index (χ0v) is 13.3. The largest absolute Gasteiger partial charge is 0.336 e. The molecule has 1 aromatic carbocycles. The van der Waals surface area contributed by atoms with Gasteiger partial charge in [-0.15, -0.1) is 0 Å². The monoisotopic (exact) mass is 310 g/mol. The summed E-state index contributed by atoms with van der Waals surface area (Å²) in [7, 11) is 0. The highest BCUT2D eigenvalue weighted by atomic mass is 16.5. The smallest absolute Gasteiger partial charge is 0.271 e. The van der Waals surface area contributed by atoms with Crippen LogP contribution in [0.2, 0.25) is 0 Å². The predicted octanol–water partition coefficient (Wildman–Crippen LogP) is 3.01. The molecule has 0 aliphatic heterocycles. The number of nitrogens with one attached hydrogen (secondary N) is 1. The molecule has 3 rings (SSSR count). The van der Waals surface area contributed by atoms with Crippen molar-refractivity contribution in [2.75, 3.05) is 11.6 Å². The van der Waals surface area contributed by atoms with Gasteiger partial charge >= 0.3 is 0 Å². The number of pyridine rings is 1. The Balaban J connectivity index is 1.83. The average molecular weight is 310 g/mol. The van der Waals surface area contributed by atoms with Crippen molar-refractivity contribution in [3.63, 3.8) is 0 Å². The molecule has 0 saturated heterocycles. The number of carbonyl (C=O) groups is 1. The first kappa shape index (κ1) is 15.0. The third-order valence-corrected chi connectivity index (χ3v) is 3.67. The maximum Gasteiger partial charge on any atom is 0.271 e. The highest BCUT2D eigenvalue weighted by molar-refractivity contribution is 5.97. The van der Waals surface area contributed by atoms with Gasteiger partial charge in [-0.2, -0.15) is 0 Å². The highest BCUT2D eigenvalue weighted by Crippen LogP contribution is 2.17. The zero-order valence-electron chi connectivity index (χ0n) is 13.3. The lowest BCUT2D eigenvalue weighted by atomic mass is 10.2. The molecule has 118 valence electrons. The Labute approximate surface area is 134 Å². The molecule has 0 aliphatic carbocycles.